The van der Waals surface area contributed by atoms with Gasteiger partial charge in [0.1, 0.15) is 0 Å². The van der Waals surface area contributed by atoms with E-state index in [0.29, 0.717) is 5.82 Å². The van der Waals surface area contributed by atoms with Gasteiger partial charge in [-0.3, -0.25) is 0 Å². The van der Waals surface area contributed by atoms with Crippen LogP contribution in [-0.2, 0) is 0 Å². The molecule has 0 fully saturated rings. The highest BCUT2D eigenvalue weighted by atomic mass is 15.0. The SMILES string of the molecule is Cc1cc(C)c(-c2nc(-c3c(C)cc(C)cc3C)nc(-c3c4ccccc4c4c5c(cccc35)-c3ccccc3-4)n2)c(C)c1. The fourth-order valence-electron chi connectivity index (χ4n) is 7.69. The molecule has 1 aliphatic rings. The van der Waals surface area contributed by atoms with Crippen molar-refractivity contribution in [1.82, 2.24) is 15.0 Å². The molecule has 6 aromatic carbocycles. The van der Waals surface area contributed by atoms with Crippen molar-refractivity contribution in [2.45, 2.75) is 41.5 Å². The summed E-state index contributed by atoms with van der Waals surface area (Å²) in [6, 6.07) is 33.1. The number of nitrogens with zero attached hydrogens (tertiary/aromatic N) is 3. The largest absolute Gasteiger partial charge is 0.208 e. The molecule has 8 rings (SSSR count). The normalized spacial score (nSPS) is 11.9. The molecule has 0 amide bonds. The number of hydrogen-bond acceptors (Lipinski definition) is 3. The molecule has 0 unspecified atom stereocenters. The van der Waals surface area contributed by atoms with Gasteiger partial charge in [0.2, 0.25) is 0 Å². The Hall–Kier alpha value is -5.15. The molecule has 7 aromatic rings. The summed E-state index contributed by atoms with van der Waals surface area (Å²) < 4.78 is 0. The van der Waals surface area contributed by atoms with E-state index < -0.39 is 0 Å². The molecular formula is C41H33N3. The molecule has 1 aromatic heterocycles. The Labute approximate surface area is 258 Å². The topological polar surface area (TPSA) is 38.7 Å². The van der Waals surface area contributed by atoms with Crippen LogP contribution in [0.25, 0.3) is 78.0 Å². The minimum atomic E-state index is 0.708. The molecule has 0 aliphatic heterocycles. The molecule has 0 saturated carbocycles. The van der Waals surface area contributed by atoms with Gasteiger partial charge in [0.15, 0.2) is 17.5 Å². The molecular weight excluding hydrogens is 534 g/mol. The second kappa shape index (κ2) is 9.68. The highest BCUT2D eigenvalue weighted by Gasteiger charge is 2.27. The second-order valence-electron chi connectivity index (χ2n) is 12.4. The van der Waals surface area contributed by atoms with Crippen molar-refractivity contribution in [3.63, 3.8) is 0 Å². The zero-order chi connectivity index (χ0) is 30.3. The van der Waals surface area contributed by atoms with Crippen molar-refractivity contribution in [2.24, 2.45) is 0 Å². The van der Waals surface area contributed by atoms with Gasteiger partial charge >= 0.3 is 0 Å². The van der Waals surface area contributed by atoms with Gasteiger partial charge in [0, 0.05) is 16.7 Å². The van der Waals surface area contributed by atoms with Crippen molar-refractivity contribution in [3.05, 3.63) is 124 Å². The van der Waals surface area contributed by atoms with Crippen LogP contribution in [0.2, 0.25) is 0 Å². The Bertz CT molecular complexity index is 2220. The predicted molar refractivity (Wildman–Crippen MR) is 184 cm³/mol. The molecule has 0 spiro atoms. The van der Waals surface area contributed by atoms with E-state index in [1.54, 1.807) is 0 Å². The van der Waals surface area contributed by atoms with Gasteiger partial charge in [0.25, 0.3) is 0 Å². The Morgan fingerprint density at radius 1 is 0.364 bits per heavy atom. The summed E-state index contributed by atoms with van der Waals surface area (Å²) in [6.07, 6.45) is 0. The lowest BCUT2D eigenvalue weighted by Crippen LogP contribution is -2.05. The average Bonchev–Trinajstić information content (AvgIpc) is 3.32. The number of hydrogen-bond donors (Lipinski definition) is 0. The number of aryl methyl sites for hydroxylation is 6. The van der Waals surface area contributed by atoms with Crippen LogP contribution in [0.4, 0.5) is 0 Å². The van der Waals surface area contributed by atoms with Crippen LogP contribution < -0.4 is 0 Å². The smallest absolute Gasteiger partial charge is 0.165 e. The molecule has 0 N–H and O–H groups in total. The fraction of sp³-hybridized carbons (Fsp3) is 0.146. The zero-order valence-corrected chi connectivity index (χ0v) is 26.0. The van der Waals surface area contributed by atoms with Crippen LogP contribution in [-0.4, -0.2) is 15.0 Å². The first-order valence-electron chi connectivity index (χ1n) is 15.3. The first-order chi connectivity index (χ1) is 21.3. The van der Waals surface area contributed by atoms with Crippen LogP contribution in [0.15, 0.2) is 91.0 Å². The monoisotopic (exact) mass is 567 g/mol. The van der Waals surface area contributed by atoms with E-state index in [4.69, 9.17) is 15.0 Å². The van der Waals surface area contributed by atoms with Gasteiger partial charge in [-0.1, -0.05) is 102 Å². The van der Waals surface area contributed by atoms with Gasteiger partial charge in [-0.05, 0) is 108 Å². The van der Waals surface area contributed by atoms with E-state index in [1.165, 1.54) is 71.8 Å². The van der Waals surface area contributed by atoms with Crippen LogP contribution in [0.1, 0.15) is 33.4 Å². The maximum absolute atomic E-state index is 5.33. The lowest BCUT2D eigenvalue weighted by molar-refractivity contribution is 1.06. The molecule has 44 heavy (non-hydrogen) atoms. The third-order valence-electron chi connectivity index (χ3n) is 9.20. The Kier molecular flexibility index (Phi) is 5.83. The third-order valence-corrected chi connectivity index (χ3v) is 9.20. The van der Waals surface area contributed by atoms with Crippen LogP contribution >= 0.6 is 0 Å². The summed E-state index contributed by atoms with van der Waals surface area (Å²) in [5, 5.41) is 4.82. The highest BCUT2D eigenvalue weighted by molar-refractivity contribution is 6.28. The lowest BCUT2D eigenvalue weighted by Gasteiger charge is -2.18. The minimum absolute atomic E-state index is 0.708. The lowest BCUT2D eigenvalue weighted by atomic mass is 9.90. The van der Waals surface area contributed by atoms with Crippen LogP contribution in [0.3, 0.4) is 0 Å². The molecule has 0 radical (unpaired) electrons. The van der Waals surface area contributed by atoms with E-state index in [-0.39, 0.29) is 0 Å². The zero-order valence-electron chi connectivity index (χ0n) is 26.0. The summed E-state index contributed by atoms with van der Waals surface area (Å²) in [5.41, 5.74) is 15.5. The number of fused-ring (bicyclic) bond motifs is 5. The third kappa shape index (κ3) is 3.85. The van der Waals surface area contributed by atoms with Crippen molar-refractivity contribution in [2.75, 3.05) is 0 Å². The van der Waals surface area contributed by atoms with Crippen LogP contribution in [0.5, 0.6) is 0 Å². The standard InChI is InChI=1S/C41H33N3/c1-22-18-24(3)34(25(4)19-22)39-42-40(35-26(5)20-23(2)21-27(35)6)44-41(43-39)38-32-15-10-9-14-31(32)36-29-13-8-7-12-28(29)30-16-11-17-33(38)37(30)36/h7-21H,1-6H3. The fourth-order valence-corrected chi connectivity index (χ4v) is 7.69. The van der Waals surface area contributed by atoms with Gasteiger partial charge in [-0.25, -0.2) is 15.0 Å². The molecule has 3 nitrogen and oxygen atoms in total. The number of aromatic nitrogens is 3. The first-order valence-corrected chi connectivity index (χ1v) is 15.3. The summed E-state index contributed by atoms with van der Waals surface area (Å²) in [7, 11) is 0. The van der Waals surface area contributed by atoms with Gasteiger partial charge in [0.05, 0.1) is 0 Å². The molecule has 212 valence electrons. The van der Waals surface area contributed by atoms with E-state index >= 15 is 0 Å². The van der Waals surface area contributed by atoms with E-state index in [9.17, 15) is 0 Å². The summed E-state index contributed by atoms with van der Waals surface area (Å²) in [6.45, 7) is 12.9. The second-order valence-corrected chi connectivity index (χ2v) is 12.4. The van der Waals surface area contributed by atoms with E-state index in [1.807, 2.05) is 0 Å². The molecule has 1 aliphatic carbocycles. The molecule has 1 heterocycles. The van der Waals surface area contributed by atoms with Crippen molar-refractivity contribution >= 4 is 21.5 Å². The Morgan fingerprint density at radius 2 is 0.773 bits per heavy atom. The first kappa shape index (κ1) is 26.5. The van der Waals surface area contributed by atoms with Crippen molar-refractivity contribution in [3.8, 4) is 56.4 Å². The number of rotatable bonds is 3. The maximum Gasteiger partial charge on any atom is 0.165 e. The molecule has 3 heteroatoms. The molecule has 0 atom stereocenters. The molecule has 0 saturated heterocycles. The summed E-state index contributed by atoms with van der Waals surface area (Å²) in [4.78, 5) is 15.9. The summed E-state index contributed by atoms with van der Waals surface area (Å²) in [5.74, 6) is 2.14. The minimum Gasteiger partial charge on any atom is -0.208 e. The average molecular weight is 568 g/mol. The van der Waals surface area contributed by atoms with Crippen molar-refractivity contribution in [1.29, 1.82) is 0 Å². The van der Waals surface area contributed by atoms with E-state index in [0.717, 1.165) is 33.7 Å². The van der Waals surface area contributed by atoms with E-state index in [2.05, 4.69) is 133 Å². The highest BCUT2D eigenvalue weighted by Crippen LogP contribution is 2.53. The van der Waals surface area contributed by atoms with Gasteiger partial charge < -0.3 is 0 Å². The summed E-state index contributed by atoms with van der Waals surface area (Å²) >= 11 is 0. The van der Waals surface area contributed by atoms with Gasteiger partial charge in [-0.15, -0.1) is 0 Å². The van der Waals surface area contributed by atoms with Crippen molar-refractivity contribution < 1.29 is 0 Å². The maximum atomic E-state index is 5.33. The Balaban J connectivity index is 1.53. The molecule has 0 bridgehead atoms. The quantitative estimate of drug-likeness (QED) is 0.199. The predicted octanol–water partition coefficient (Wildman–Crippen LogP) is 10.7. The number of benzene rings is 6. The van der Waals surface area contributed by atoms with Crippen LogP contribution in [0, 0.1) is 41.5 Å². The van der Waals surface area contributed by atoms with Gasteiger partial charge in [-0.2, -0.15) is 0 Å². The Morgan fingerprint density at radius 3 is 1.32 bits per heavy atom.